The number of aromatic nitrogens is 2. The van der Waals surface area contributed by atoms with Gasteiger partial charge in [-0.15, -0.1) is 12.4 Å². The van der Waals surface area contributed by atoms with Crippen LogP contribution in [-0.2, 0) is 9.84 Å². The number of likely N-dealkylation sites (tertiary alicyclic amines) is 1. The highest BCUT2D eigenvalue weighted by molar-refractivity contribution is 7.90. The van der Waals surface area contributed by atoms with E-state index in [9.17, 15) is 13.2 Å². The lowest BCUT2D eigenvalue weighted by Crippen LogP contribution is -2.51. The maximum absolute atomic E-state index is 12.9. The maximum atomic E-state index is 12.9. The van der Waals surface area contributed by atoms with E-state index in [0.29, 0.717) is 30.3 Å². The van der Waals surface area contributed by atoms with E-state index in [0.717, 1.165) is 19.1 Å². The third-order valence-electron chi connectivity index (χ3n) is 4.96. The van der Waals surface area contributed by atoms with Crippen LogP contribution in [0.4, 0.5) is 0 Å². The molecule has 1 saturated heterocycles. The fraction of sp³-hybridized carbons (Fsp3) is 0.444. The summed E-state index contributed by atoms with van der Waals surface area (Å²) in [5.74, 6) is 0.244. The van der Waals surface area contributed by atoms with Gasteiger partial charge in [-0.1, -0.05) is 19.1 Å². The molecule has 9 heteroatoms. The Balaban J connectivity index is 0.00000261. The quantitative estimate of drug-likeness (QED) is 0.826. The molecule has 0 aliphatic carbocycles. The first kappa shape index (κ1) is 21.4. The number of halogens is 1. The van der Waals surface area contributed by atoms with E-state index in [-0.39, 0.29) is 29.3 Å². The summed E-state index contributed by atoms with van der Waals surface area (Å²) < 4.78 is 25.4. The van der Waals surface area contributed by atoms with E-state index in [2.05, 4.69) is 12.0 Å². The highest BCUT2D eigenvalue weighted by Crippen LogP contribution is 2.25. The van der Waals surface area contributed by atoms with E-state index in [1.165, 1.54) is 16.9 Å². The normalized spacial score (nSPS) is 20.2. The molecular formula is C18H25ClN4O3S. The van der Waals surface area contributed by atoms with Gasteiger partial charge in [0.1, 0.15) is 0 Å². The number of sulfone groups is 1. The molecule has 1 aromatic heterocycles. The van der Waals surface area contributed by atoms with Crippen molar-refractivity contribution in [1.82, 2.24) is 14.7 Å². The Bertz CT molecular complexity index is 913. The number of nitrogens with two attached hydrogens (primary N) is 1. The lowest BCUT2D eigenvalue weighted by molar-refractivity contribution is 0.0532. The van der Waals surface area contributed by atoms with Gasteiger partial charge in [0.25, 0.3) is 5.91 Å². The van der Waals surface area contributed by atoms with Gasteiger partial charge in [0.05, 0.1) is 22.3 Å². The molecule has 0 bridgehead atoms. The summed E-state index contributed by atoms with van der Waals surface area (Å²) in [6, 6.07) is 6.62. The molecule has 27 heavy (non-hydrogen) atoms. The third kappa shape index (κ3) is 4.34. The number of hydrogen-bond acceptors (Lipinski definition) is 5. The predicted octanol–water partition coefficient (Wildman–Crippen LogP) is 1.90. The minimum atomic E-state index is -3.41. The van der Waals surface area contributed by atoms with Crippen LogP contribution < -0.4 is 5.73 Å². The Hall–Kier alpha value is -1.90. The van der Waals surface area contributed by atoms with Crippen molar-refractivity contribution in [3.05, 3.63) is 42.2 Å². The second-order valence-electron chi connectivity index (χ2n) is 6.83. The van der Waals surface area contributed by atoms with Crippen molar-refractivity contribution in [2.75, 3.05) is 19.3 Å². The molecule has 0 radical (unpaired) electrons. The van der Waals surface area contributed by atoms with E-state index in [1.807, 2.05) is 4.90 Å². The Morgan fingerprint density at radius 2 is 2.04 bits per heavy atom. The number of nitrogens with zero attached hydrogens (tertiary/aromatic N) is 3. The molecule has 2 heterocycles. The lowest BCUT2D eigenvalue weighted by atomic mass is 9.90. The number of carbonyl (C=O) groups excluding carboxylic acids is 1. The molecule has 1 aliphatic rings. The second-order valence-corrected chi connectivity index (χ2v) is 8.82. The zero-order valence-electron chi connectivity index (χ0n) is 15.4. The average molecular weight is 413 g/mol. The van der Waals surface area contributed by atoms with Crippen LogP contribution in [0.1, 0.15) is 30.1 Å². The van der Waals surface area contributed by atoms with Gasteiger partial charge in [-0.2, -0.15) is 5.10 Å². The van der Waals surface area contributed by atoms with Crippen molar-refractivity contribution >= 4 is 28.2 Å². The maximum Gasteiger partial charge on any atom is 0.257 e. The van der Waals surface area contributed by atoms with Crippen molar-refractivity contribution < 1.29 is 13.2 Å². The number of piperidine rings is 1. The predicted molar refractivity (Wildman–Crippen MR) is 106 cm³/mol. The molecule has 3 rings (SSSR count). The van der Waals surface area contributed by atoms with Gasteiger partial charge in [0, 0.05) is 31.6 Å². The Morgan fingerprint density at radius 3 is 2.70 bits per heavy atom. The summed E-state index contributed by atoms with van der Waals surface area (Å²) >= 11 is 0. The fourth-order valence-electron chi connectivity index (χ4n) is 3.55. The topological polar surface area (TPSA) is 98.3 Å². The molecule has 0 spiro atoms. The standard InChI is InChI=1S/C18H24N4O3S.ClH/c1-13-6-5-9-21(16(13)10-19)18(23)14-11-20-22(12-14)15-7-3-4-8-17(15)26(2,24)25;/h3-4,7-8,11-13,16H,5-6,9-10,19H2,1-2H3;1H. The molecule has 1 amide bonds. The number of benzene rings is 1. The molecular weight excluding hydrogens is 388 g/mol. The smallest absolute Gasteiger partial charge is 0.257 e. The Morgan fingerprint density at radius 1 is 1.33 bits per heavy atom. The number of carbonyl (C=O) groups is 1. The van der Waals surface area contributed by atoms with Crippen LogP contribution in [0.3, 0.4) is 0 Å². The second kappa shape index (κ2) is 8.41. The van der Waals surface area contributed by atoms with Crippen molar-refractivity contribution in [3.8, 4) is 5.69 Å². The highest BCUT2D eigenvalue weighted by atomic mass is 35.5. The molecule has 0 saturated carbocycles. The van der Waals surface area contributed by atoms with Gasteiger partial charge in [0.15, 0.2) is 9.84 Å². The number of amides is 1. The Labute approximate surface area is 165 Å². The minimum Gasteiger partial charge on any atom is -0.334 e. The molecule has 2 atom stereocenters. The first-order valence-corrected chi connectivity index (χ1v) is 10.6. The van der Waals surface area contributed by atoms with Gasteiger partial charge >= 0.3 is 0 Å². The first-order valence-electron chi connectivity index (χ1n) is 8.68. The Kier molecular flexibility index (Phi) is 6.67. The van der Waals surface area contributed by atoms with Crippen molar-refractivity contribution in [3.63, 3.8) is 0 Å². The van der Waals surface area contributed by atoms with Crippen molar-refractivity contribution in [2.45, 2.75) is 30.7 Å². The zero-order chi connectivity index (χ0) is 18.9. The van der Waals surface area contributed by atoms with Crippen LogP contribution in [0, 0.1) is 5.92 Å². The fourth-order valence-corrected chi connectivity index (χ4v) is 4.42. The van der Waals surface area contributed by atoms with Gasteiger partial charge in [0.2, 0.25) is 0 Å². The summed E-state index contributed by atoms with van der Waals surface area (Å²) in [5.41, 5.74) is 6.74. The SMILES string of the molecule is CC1CCCN(C(=O)c2cnn(-c3ccccc3S(C)(=O)=O)c2)C1CN.Cl. The van der Waals surface area contributed by atoms with E-state index in [1.54, 1.807) is 24.4 Å². The van der Waals surface area contributed by atoms with Crippen molar-refractivity contribution in [2.24, 2.45) is 11.7 Å². The molecule has 7 nitrogen and oxygen atoms in total. The van der Waals surface area contributed by atoms with Crippen LogP contribution in [0.15, 0.2) is 41.6 Å². The highest BCUT2D eigenvalue weighted by Gasteiger charge is 2.32. The zero-order valence-corrected chi connectivity index (χ0v) is 17.0. The molecule has 2 unspecified atom stereocenters. The van der Waals surface area contributed by atoms with Crippen molar-refractivity contribution in [1.29, 1.82) is 0 Å². The van der Waals surface area contributed by atoms with Crippen LogP contribution in [0.2, 0.25) is 0 Å². The van der Waals surface area contributed by atoms with Crippen LogP contribution >= 0.6 is 12.4 Å². The minimum absolute atomic E-state index is 0. The van der Waals surface area contributed by atoms with Crippen LogP contribution in [0.25, 0.3) is 5.69 Å². The largest absolute Gasteiger partial charge is 0.334 e. The molecule has 148 valence electrons. The monoisotopic (exact) mass is 412 g/mol. The van der Waals surface area contributed by atoms with Gasteiger partial charge in [-0.3, -0.25) is 4.79 Å². The lowest BCUT2D eigenvalue weighted by Gasteiger charge is -2.39. The summed E-state index contributed by atoms with van der Waals surface area (Å²) in [5, 5.41) is 4.22. The number of para-hydroxylation sites is 1. The average Bonchev–Trinajstić information content (AvgIpc) is 3.10. The van der Waals surface area contributed by atoms with Gasteiger partial charge in [-0.25, -0.2) is 13.1 Å². The van der Waals surface area contributed by atoms with Gasteiger partial charge in [-0.05, 0) is 30.9 Å². The van der Waals surface area contributed by atoms with E-state index in [4.69, 9.17) is 5.73 Å². The third-order valence-corrected chi connectivity index (χ3v) is 6.10. The summed E-state index contributed by atoms with van der Waals surface area (Å²) in [4.78, 5) is 14.9. The van der Waals surface area contributed by atoms with Crippen LogP contribution in [0.5, 0.6) is 0 Å². The molecule has 1 fully saturated rings. The van der Waals surface area contributed by atoms with E-state index >= 15 is 0 Å². The summed E-state index contributed by atoms with van der Waals surface area (Å²) in [6.07, 6.45) is 6.23. The summed E-state index contributed by atoms with van der Waals surface area (Å²) in [6.45, 7) is 3.22. The van der Waals surface area contributed by atoms with Crippen LogP contribution in [-0.4, -0.2) is 54.4 Å². The molecule has 1 aliphatic heterocycles. The molecule has 2 N–H and O–H groups in total. The van der Waals surface area contributed by atoms with E-state index < -0.39 is 9.84 Å². The summed E-state index contributed by atoms with van der Waals surface area (Å²) in [7, 11) is -3.41. The number of hydrogen-bond donors (Lipinski definition) is 1. The number of rotatable bonds is 4. The van der Waals surface area contributed by atoms with Gasteiger partial charge < -0.3 is 10.6 Å². The molecule has 2 aromatic rings. The molecule has 1 aromatic carbocycles. The first-order chi connectivity index (χ1) is 12.3.